The van der Waals surface area contributed by atoms with Gasteiger partial charge in [0.1, 0.15) is 0 Å². The first-order valence-electron chi connectivity index (χ1n) is 13.2. The maximum Gasteiger partial charge on any atom is 0.314 e. The van der Waals surface area contributed by atoms with Crippen molar-refractivity contribution in [3.05, 3.63) is 93.9 Å². The fourth-order valence-electron chi connectivity index (χ4n) is 5.67. The Morgan fingerprint density at radius 3 is 2.08 bits per heavy atom. The summed E-state index contributed by atoms with van der Waals surface area (Å²) >= 11 is 0. The van der Waals surface area contributed by atoms with E-state index in [9.17, 15) is 14.4 Å². The molecule has 1 saturated carbocycles. The van der Waals surface area contributed by atoms with Crippen LogP contribution in [0.2, 0.25) is 0 Å². The maximum absolute atomic E-state index is 13.8. The molecule has 1 fully saturated rings. The number of amides is 1. The summed E-state index contributed by atoms with van der Waals surface area (Å²) in [5, 5.41) is 4.46. The van der Waals surface area contributed by atoms with E-state index >= 15 is 0 Å². The lowest BCUT2D eigenvalue weighted by Crippen LogP contribution is -2.50. The second kappa shape index (κ2) is 10.7. The van der Waals surface area contributed by atoms with Crippen molar-refractivity contribution in [3.63, 3.8) is 0 Å². The van der Waals surface area contributed by atoms with Crippen molar-refractivity contribution in [1.82, 2.24) is 14.7 Å². The van der Waals surface area contributed by atoms with Crippen LogP contribution in [0.5, 0.6) is 5.75 Å². The molecule has 37 heavy (non-hydrogen) atoms. The molecule has 3 aromatic rings. The van der Waals surface area contributed by atoms with Crippen LogP contribution in [0, 0.1) is 5.92 Å². The van der Waals surface area contributed by atoms with Crippen LogP contribution in [0.4, 0.5) is 0 Å². The van der Waals surface area contributed by atoms with Crippen LogP contribution in [0.15, 0.2) is 71.7 Å². The molecule has 1 amide bonds. The number of fused-ring (bicyclic) bond motifs is 1. The maximum atomic E-state index is 13.8. The zero-order valence-electron chi connectivity index (χ0n) is 21.4. The van der Waals surface area contributed by atoms with E-state index in [0.29, 0.717) is 6.54 Å². The van der Waals surface area contributed by atoms with E-state index in [-0.39, 0.29) is 41.3 Å². The molecule has 2 aliphatic rings. The molecule has 7 nitrogen and oxygen atoms in total. The number of carbonyl (C=O) groups excluding carboxylic acids is 2. The molecule has 0 radical (unpaired) electrons. The second-order valence-corrected chi connectivity index (χ2v) is 10.3. The molecular formula is C30H33N3O4. The zero-order chi connectivity index (χ0) is 25.9. The van der Waals surface area contributed by atoms with Gasteiger partial charge in [-0.3, -0.25) is 19.1 Å². The minimum atomic E-state index is -0.552. The van der Waals surface area contributed by atoms with Gasteiger partial charge in [0.05, 0.1) is 18.2 Å². The third kappa shape index (κ3) is 4.95. The van der Waals surface area contributed by atoms with Gasteiger partial charge in [-0.25, -0.2) is 0 Å². The largest absolute Gasteiger partial charge is 0.420 e. The highest BCUT2D eigenvalue weighted by molar-refractivity contribution is 5.97. The van der Waals surface area contributed by atoms with Gasteiger partial charge in [-0.05, 0) is 37.8 Å². The number of carbonyl (C=O) groups is 2. The van der Waals surface area contributed by atoms with Gasteiger partial charge in [-0.15, -0.1) is 0 Å². The molecule has 0 bridgehead atoms. The zero-order valence-corrected chi connectivity index (χ0v) is 21.4. The SMILES string of the molecule is CC(C)N1C[C@H](C(c2ccccc2)c2ccccc2)n2ncc(=O)c(OC(=O)C3CCCCC3)c2C1=O. The van der Waals surface area contributed by atoms with Crippen molar-refractivity contribution in [2.75, 3.05) is 6.54 Å². The van der Waals surface area contributed by atoms with Gasteiger partial charge >= 0.3 is 5.97 Å². The van der Waals surface area contributed by atoms with Crippen molar-refractivity contribution < 1.29 is 14.3 Å². The smallest absolute Gasteiger partial charge is 0.314 e. The predicted octanol–water partition coefficient (Wildman–Crippen LogP) is 4.97. The van der Waals surface area contributed by atoms with E-state index in [1.54, 1.807) is 9.58 Å². The topological polar surface area (TPSA) is 81.5 Å². The molecule has 0 unspecified atom stereocenters. The highest BCUT2D eigenvalue weighted by Crippen LogP contribution is 2.40. The highest BCUT2D eigenvalue weighted by atomic mass is 16.5. The summed E-state index contributed by atoms with van der Waals surface area (Å²) in [6, 6.07) is 19.8. The Morgan fingerprint density at radius 2 is 1.51 bits per heavy atom. The van der Waals surface area contributed by atoms with E-state index in [1.165, 1.54) is 6.20 Å². The van der Waals surface area contributed by atoms with E-state index in [0.717, 1.165) is 43.2 Å². The summed E-state index contributed by atoms with van der Waals surface area (Å²) in [7, 11) is 0. The van der Waals surface area contributed by atoms with Gasteiger partial charge in [-0.1, -0.05) is 79.9 Å². The average Bonchev–Trinajstić information content (AvgIpc) is 2.93. The summed E-state index contributed by atoms with van der Waals surface area (Å²) in [6.07, 6.45) is 5.68. The third-order valence-electron chi connectivity index (χ3n) is 7.60. The van der Waals surface area contributed by atoms with Crippen molar-refractivity contribution in [3.8, 4) is 5.75 Å². The Morgan fingerprint density at radius 1 is 0.919 bits per heavy atom. The van der Waals surface area contributed by atoms with Crippen molar-refractivity contribution in [1.29, 1.82) is 0 Å². The second-order valence-electron chi connectivity index (χ2n) is 10.3. The third-order valence-corrected chi connectivity index (χ3v) is 7.60. The molecule has 1 atom stereocenters. The van der Waals surface area contributed by atoms with Gasteiger partial charge in [0.15, 0.2) is 5.69 Å². The Labute approximate surface area is 217 Å². The standard InChI is InChI=1S/C30H33N3O4/c1-20(2)32-19-24(26(21-12-6-3-7-13-21)22-14-8-4-9-15-22)33-27(29(32)35)28(25(34)18-31-33)37-30(36)23-16-10-5-11-17-23/h3-4,6-9,12-15,18,20,23-24,26H,5,10-11,16-17,19H2,1-2H3/t24-/m1/s1. The quantitative estimate of drug-likeness (QED) is 0.448. The number of ether oxygens (including phenoxy) is 1. The molecule has 192 valence electrons. The highest BCUT2D eigenvalue weighted by Gasteiger charge is 2.41. The monoisotopic (exact) mass is 499 g/mol. The number of rotatable bonds is 6. The van der Waals surface area contributed by atoms with Crippen LogP contribution < -0.4 is 10.2 Å². The summed E-state index contributed by atoms with van der Waals surface area (Å²) in [5.41, 5.74) is 1.65. The van der Waals surface area contributed by atoms with E-state index in [1.807, 2.05) is 50.2 Å². The minimum Gasteiger partial charge on any atom is -0.420 e. The summed E-state index contributed by atoms with van der Waals surface area (Å²) in [6.45, 7) is 4.31. The van der Waals surface area contributed by atoms with Crippen LogP contribution >= 0.6 is 0 Å². The Hall–Kier alpha value is -3.74. The number of hydrogen-bond donors (Lipinski definition) is 0. The number of esters is 1. The van der Waals surface area contributed by atoms with Gasteiger partial charge in [0.2, 0.25) is 11.2 Å². The number of nitrogens with zero attached hydrogens (tertiary/aromatic N) is 3. The summed E-state index contributed by atoms with van der Waals surface area (Å²) in [5.74, 6) is -1.38. The first kappa shape index (κ1) is 24.9. The predicted molar refractivity (Wildman–Crippen MR) is 141 cm³/mol. The van der Waals surface area contributed by atoms with Gasteiger partial charge < -0.3 is 9.64 Å². The van der Waals surface area contributed by atoms with Gasteiger partial charge in [0, 0.05) is 18.5 Å². The van der Waals surface area contributed by atoms with E-state index < -0.39 is 11.4 Å². The molecule has 1 aliphatic carbocycles. The van der Waals surface area contributed by atoms with Crippen LogP contribution in [-0.2, 0) is 4.79 Å². The van der Waals surface area contributed by atoms with Crippen molar-refractivity contribution >= 4 is 11.9 Å². The molecule has 5 rings (SSSR count). The van der Waals surface area contributed by atoms with E-state index in [4.69, 9.17) is 4.74 Å². The fraction of sp³-hybridized carbons (Fsp3) is 0.400. The Kier molecular flexibility index (Phi) is 7.22. The average molecular weight is 500 g/mol. The lowest BCUT2D eigenvalue weighted by molar-refractivity contribution is -0.140. The van der Waals surface area contributed by atoms with Crippen LogP contribution in [0.3, 0.4) is 0 Å². The molecule has 2 heterocycles. The molecule has 0 N–H and O–H groups in total. The minimum absolute atomic E-state index is 0.0541. The molecule has 0 saturated heterocycles. The molecule has 2 aromatic carbocycles. The molecule has 7 heteroatoms. The number of benzene rings is 2. The normalized spacial score (nSPS) is 18.2. The molecule has 0 spiro atoms. The van der Waals surface area contributed by atoms with Crippen LogP contribution in [0.1, 0.15) is 79.5 Å². The Balaban J connectivity index is 1.65. The number of aromatic nitrogens is 2. The number of hydrogen-bond acceptors (Lipinski definition) is 5. The van der Waals surface area contributed by atoms with Crippen LogP contribution in [-0.4, -0.2) is 39.1 Å². The molecule has 1 aromatic heterocycles. The molecule has 1 aliphatic heterocycles. The Bertz CT molecular complexity index is 1270. The lowest BCUT2D eigenvalue weighted by atomic mass is 9.83. The summed E-state index contributed by atoms with van der Waals surface area (Å²) < 4.78 is 7.38. The van der Waals surface area contributed by atoms with Crippen LogP contribution in [0.25, 0.3) is 0 Å². The molecular weight excluding hydrogens is 466 g/mol. The first-order valence-corrected chi connectivity index (χ1v) is 13.2. The first-order chi connectivity index (χ1) is 18.0. The summed E-state index contributed by atoms with van der Waals surface area (Å²) in [4.78, 5) is 41.6. The van der Waals surface area contributed by atoms with Gasteiger partial charge in [-0.2, -0.15) is 5.10 Å². The fourth-order valence-corrected chi connectivity index (χ4v) is 5.67. The van der Waals surface area contributed by atoms with Crippen molar-refractivity contribution in [2.24, 2.45) is 5.92 Å². The van der Waals surface area contributed by atoms with E-state index in [2.05, 4.69) is 29.4 Å². The lowest BCUT2D eigenvalue weighted by Gasteiger charge is -2.41. The van der Waals surface area contributed by atoms with Gasteiger partial charge in [0.25, 0.3) is 5.91 Å². The van der Waals surface area contributed by atoms with Crippen molar-refractivity contribution in [2.45, 2.75) is 64.0 Å².